The zero-order chi connectivity index (χ0) is 15.7. The molecule has 0 spiro atoms. The van der Waals surface area contributed by atoms with Gasteiger partial charge in [0.25, 0.3) is 0 Å². The fourth-order valence-electron chi connectivity index (χ4n) is 3.13. The van der Waals surface area contributed by atoms with E-state index in [1.54, 1.807) is 11.0 Å². The second-order valence-corrected chi connectivity index (χ2v) is 6.89. The number of carbonyl (C=O) groups is 2. The minimum Gasteiger partial charge on any atom is -0.347 e. The Balaban J connectivity index is 1.73. The molecule has 3 rings (SSSR count). The van der Waals surface area contributed by atoms with Gasteiger partial charge < -0.3 is 10.2 Å². The topological polar surface area (TPSA) is 49.4 Å². The molecule has 1 aliphatic carbocycles. The SMILES string of the molecule is C[C@@H]1CCc2c(F)cccc2[C@@H]1NC(=O)CN1CSCC1=O. The van der Waals surface area contributed by atoms with Crippen molar-refractivity contribution in [1.29, 1.82) is 0 Å². The molecule has 1 aromatic rings. The van der Waals surface area contributed by atoms with E-state index in [0.29, 0.717) is 23.6 Å². The summed E-state index contributed by atoms with van der Waals surface area (Å²) in [4.78, 5) is 25.4. The first kappa shape index (κ1) is 15.3. The summed E-state index contributed by atoms with van der Waals surface area (Å²) in [5, 5.41) is 2.99. The maximum absolute atomic E-state index is 13.9. The average Bonchev–Trinajstić information content (AvgIpc) is 2.88. The Morgan fingerprint density at radius 2 is 2.32 bits per heavy atom. The van der Waals surface area contributed by atoms with Gasteiger partial charge in [0.1, 0.15) is 12.4 Å². The number of carbonyl (C=O) groups excluding carboxylic acids is 2. The summed E-state index contributed by atoms with van der Waals surface area (Å²) in [5.74, 6) is 0.892. The number of rotatable bonds is 3. The summed E-state index contributed by atoms with van der Waals surface area (Å²) in [5.41, 5.74) is 1.58. The summed E-state index contributed by atoms with van der Waals surface area (Å²) >= 11 is 1.52. The molecule has 2 amide bonds. The molecule has 1 aliphatic heterocycles. The monoisotopic (exact) mass is 322 g/mol. The van der Waals surface area contributed by atoms with Gasteiger partial charge in [-0.05, 0) is 36.0 Å². The molecule has 22 heavy (non-hydrogen) atoms. The highest BCUT2D eigenvalue weighted by atomic mass is 32.2. The molecule has 0 saturated carbocycles. The smallest absolute Gasteiger partial charge is 0.240 e. The Bertz CT molecular complexity index is 608. The standard InChI is InChI=1S/C16H19FN2O2S/c1-10-5-6-11-12(3-2-4-13(11)17)16(10)18-14(20)7-19-9-22-8-15(19)21/h2-4,10,16H,5-9H2,1H3,(H,18,20)/t10-,16-/m1/s1. The first-order valence-corrected chi connectivity index (χ1v) is 8.64. The van der Waals surface area contributed by atoms with Gasteiger partial charge in [-0.3, -0.25) is 9.59 Å². The molecule has 2 atom stereocenters. The van der Waals surface area contributed by atoms with Gasteiger partial charge in [-0.15, -0.1) is 11.8 Å². The number of nitrogens with zero attached hydrogens (tertiary/aromatic N) is 1. The molecule has 118 valence electrons. The minimum atomic E-state index is -0.199. The van der Waals surface area contributed by atoms with Crippen molar-refractivity contribution >= 4 is 23.6 Å². The van der Waals surface area contributed by atoms with E-state index >= 15 is 0 Å². The van der Waals surface area contributed by atoms with E-state index in [9.17, 15) is 14.0 Å². The van der Waals surface area contributed by atoms with Crippen LogP contribution in [0.5, 0.6) is 0 Å². The molecule has 0 unspecified atom stereocenters. The number of fused-ring (bicyclic) bond motifs is 1. The van der Waals surface area contributed by atoms with Crippen molar-refractivity contribution in [3.8, 4) is 0 Å². The van der Waals surface area contributed by atoms with Crippen LogP contribution in [-0.2, 0) is 16.0 Å². The van der Waals surface area contributed by atoms with Crippen molar-refractivity contribution in [3.05, 3.63) is 35.1 Å². The Hall–Kier alpha value is -1.56. The minimum absolute atomic E-state index is 0.00304. The zero-order valence-electron chi connectivity index (χ0n) is 12.5. The molecule has 1 saturated heterocycles. The number of nitrogens with one attached hydrogen (secondary N) is 1. The van der Waals surface area contributed by atoms with Crippen molar-refractivity contribution in [2.75, 3.05) is 18.2 Å². The number of hydrogen-bond acceptors (Lipinski definition) is 3. The van der Waals surface area contributed by atoms with E-state index < -0.39 is 0 Å². The normalized spacial score (nSPS) is 24.3. The Labute approximate surface area is 133 Å². The molecule has 2 aliphatic rings. The Morgan fingerprint density at radius 1 is 1.50 bits per heavy atom. The zero-order valence-corrected chi connectivity index (χ0v) is 13.3. The number of amides is 2. The molecule has 6 heteroatoms. The summed E-state index contributed by atoms with van der Waals surface area (Å²) < 4.78 is 13.9. The molecule has 1 aromatic carbocycles. The molecule has 1 fully saturated rings. The van der Waals surface area contributed by atoms with Crippen LogP contribution in [0.15, 0.2) is 18.2 Å². The van der Waals surface area contributed by atoms with Crippen LogP contribution in [0.25, 0.3) is 0 Å². The molecule has 1 heterocycles. The number of thioether (sulfide) groups is 1. The van der Waals surface area contributed by atoms with Crippen LogP contribution < -0.4 is 5.32 Å². The van der Waals surface area contributed by atoms with E-state index in [2.05, 4.69) is 12.2 Å². The summed E-state index contributed by atoms with van der Waals surface area (Å²) in [6, 6.07) is 4.85. The largest absolute Gasteiger partial charge is 0.347 e. The van der Waals surface area contributed by atoms with Crippen LogP contribution in [0, 0.1) is 11.7 Å². The molecule has 1 N–H and O–H groups in total. The van der Waals surface area contributed by atoms with Crippen molar-refractivity contribution in [1.82, 2.24) is 10.2 Å². The van der Waals surface area contributed by atoms with Crippen LogP contribution in [0.1, 0.15) is 30.5 Å². The lowest BCUT2D eigenvalue weighted by Crippen LogP contribution is -2.42. The number of halogens is 1. The summed E-state index contributed by atoms with van der Waals surface area (Å²) in [7, 11) is 0. The summed E-state index contributed by atoms with van der Waals surface area (Å²) in [6.07, 6.45) is 1.55. The molecule has 0 aromatic heterocycles. The maximum atomic E-state index is 13.9. The Morgan fingerprint density at radius 3 is 3.05 bits per heavy atom. The fraction of sp³-hybridized carbons (Fsp3) is 0.500. The van der Waals surface area contributed by atoms with Gasteiger partial charge in [-0.25, -0.2) is 4.39 Å². The first-order chi connectivity index (χ1) is 10.6. The molecular weight excluding hydrogens is 303 g/mol. The van der Waals surface area contributed by atoms with Crippen molar-refractivity contribution in [2.24, 2.45) is 5.92 Å². The first-order valence-electron chi connectivity index (χ1n) is 7.48. The second kappa shape index (κ2) is 6.28. The van der Waals surface area contributed by atoms with E-state index in [1.165, 1.54) is 17.8 Å². The molecule has 4 nitrogen and oxygen atoms in total. The predicted molar refractivity (Wildman–Crippen MR) is 83.8 cm³/mol. The third-order valence-electron chi connectivity index (χ3n) is 4.39. The lowest BCUT2D eigenvalue weighted by molar-refractivity contribution is -0.132. The van der Waals surface area contributed by atoms with E-state index in [1.807, 2.05) is 6.07 Å². The maximum Gasteiger partial charge on any atom is 0.240 e. The van der Waals surface area contributed by atoms with E-state index in [0.717, 1.165) is 12.0 Å². The van der Waals surface area contributed by atoms with Crippen LogP contribution in [0.3, 0.4) is 0 Å². The third kappa shape index (κ3) is 2.97. The third-order valence-corrected chi connectivity index (χ3v) is 5.33. The number of benzene rings is 1. The van der Waals surface area contributed by atoms with E-state index in [4.69, 9.17) is 0 Å². The Kier molecular flexibility index (Phi) is 4.38. The van der Waals surface area contributed by atoms with Crippen LogP contribution in [0.2, 0.25) is 0 Å². The second-order valence-electron chi connectivity index (χ2n) is 5.94. The molecule has 0 bridgehead atoms. The molecule has 0 radical (unpaired) electrons. The average molecular weight is 322 g/mol. The van der Waals surface area contributed by atoms with Crippen molar-refractivity contribution in [2.45, 2.75) is 25.8 Å². The van der Waals surface area contributed by atoms with Gasteiger partial charge in [0.2, 0.25) is 11.8 Å². The lowest BCUT2D eigenvalue weighted by Gasteiger charge is -2.32. The highest BCUT2D eigenvalue weighted by Gasteiger charge is 2.30. The highest BCUT2D eigenvalue weighted by molar-refractivity contribution is 8.00. The highest BCUT2D eigenvalue weighted by Crippen LogP contribution is 2.35. The molecular formula is C16H19FN2O2S. The van der Waals surface area contributed by atoms with Gasteiger partial charge in [-0.2, -0.15) is 0 Å². The predicted octanol–water partition coefficient (Wildman–Crippen LogP) is 2.10. The van der Waals surface area contributed by atoms with Crippen molar-refractivity contribution < 1.29 is 14.0 Å². The van der Waals surface area contributed by atoms with Gasteiger partial charge in [0.05, 0.1) is 17.7 Å². The van der Waals surface area contributed by atoms with Crippen molar-refractivity contribution in [3.63, 3.8) is 0 Å². The van der Waals surface area contributed by atoms with E-state index in [-0.39, 0.29) is 36.1 Å². The number of hydrogen-bond donors (Lipinski definition) is 1. The van der Waals surface area contributed by atoms with Gasteiger partial charge in [0.15, 0.2) is 0 Å². The fourth-order valence-corrected chi connectivity index (χ4v) is 4.03. The summed E-state index contributed by atoms with van der Waals surface area (Å²) in [6.45, 7) is 2.15. The quantitative estimate of drug-likeness (QED) is 0.927. The van der Waals surface area contributed by atoms with Gasteiger partial charge in [0, 0.05) is 0 Å². The van der Waals surface area contributed by atoms with Crippen LogP contribution in [-0.4, -0.2) is 34.9 Å². The van der Waals surface area contributed by atoms with Crippen LogP contribution >= 0.6 is 11.8 Å². The van der Waals surface area contributed by atoms with Gasteiger partial charge >= 0.3 is 0 Å². The lowest BCUT2D eigenvalue weighted by atomic mass is 9.80. The van der Waals surface area contributed by atoms with Gasteiger partial charge in [-0.1, -0.05) is 19.1 Å². The van der Waals surface area contributed by atoms with Crippen LogP contribution in [0.4, 0.5) is 4.39 Å².